The number of halogens is 1. The fourth-order valence-corrected chi connectivity index (χ4v) is 2.94. The topological polar surface area (TPSA) is 29.5 Å². The lowest BCUT2D eigenvalue weighted by Gasteiger charge is -2.35. The Kier molecular flexibility index (Phi) is 3.87. The summed E-state index contributed by atoms with van der Waals surface area (Å²) in [6.07, 6.45) is 3.28. The van der Waals surface area contributed by atoms with E-state index in [1.807, 2.05) is 12.1 Å². The Labute approximate surface area is 105 Å². The molecule has 1 unspecified atom stereocenters. The summed E-state index contributed by atoms with van der Waals surface area (Å²) in [6, 6.07) is 7.52. The Morgan fingerprint density at radius 3 is 2.94 bits per heavy atom. The van der Waals surface area contributed by atoms with E-state index in [4.69, 9.17) is 4.74 Å². The lowest BCUT2D eigenvalue weighted by molar-refractivity contribution is 0.00613. The van der Waals surface area contributed by atoms with E-state index >= 15 is 0 Å². The molecule has 2 rings (SSSR count). The highest BCUT2D eigenvalue weighted by Crippen LogP contribution is 2.34. The average molecular weight is 285 g/mol. The number of hydrogen-bond donors (Lipinski definition) is 1. The molecule has 1 aromatic carbocycles. The third-order valence-electron chi connectivity index (χ3n) is 3.18. The maximum Gasteiger partial charge on any atom is 0.115 e. The molecule has 1 atom stereocenters. The monoisotopic (exact) mass is 284 g/mol. The fraction of sp³-hybridized carbons (Fsp3) is 0.538. The quantitative estimate of drug-likeness (QED) is 0.865. The lowest BCUT2D eigenvalue weighted by atomic mass is 9.79. The van der Waals surface area contributed by atoms with Crippen LogP contribution >= 0.6 is 15.9 Å². The molecule has 0 aromatic heterocycles. The SMILES string of the molecule is Oc1cccc(CC2(CBr)CCCOC2)c1. The minimum atomic E-state index is 0.200. The van der Waals surface area contributed by atoms with Crippen LogP contribution < -0.4 is 0 Å². The van der Waals surface area contributed by atoms with E-state index in [0.29, 0.717) is 5.75 Å². The van der Waals surface area contributed by atoms with Gasteiger partial charge in [0.2, 0.25) is 0 Å². The first kappa shape index (κ1) is 11.9. The normalized spacial score (nSPS) is 25.6. The Bertz CT molecular complexity index is 346. The van der Waals surface area contributed by atoms with Gasteiger partial charge in [0.15, 0.2) is 0 Å². The number of hydrogen-bond acceptors (Lipinski definition) is 2. The predicted octanol–water partition coefficient (Wildman–Crippen LogP) is 3.13. The van der Waals surface area contributed by atoms with Crippen LogP contribution in [0.4, 0.5) is 0 Å². The molecule has 1 aliphatic rings. The molecule has 1 saturated heterocycles. The maximum absolute atomic E-state index is 9.46. The molecule has 1 N–H and O–H groups in total. The van der Waals surface area contributed by atoms with Crippen molar-refractivity contribution in [3.05, 3.63) is 29.8 Å². The van der Waals surface area contributed by atoms with Crippen molar-refractivity contribution in [3.63, 3.8) is 0 Å². The van der Waals surface area contributed by atoms with Crippen molar-refractivity contribution in [2.24, 2.45) is 5.41 Å². The van der Waals surface area contributed by atoms with E-state index in [2.05, 4.69) is 22.0 Å². The summed E-state index contributed by atoms with van der Waals surface area (Å²) in [4.78, 5) is 0. The summed E-state index contributed by atoms with van der Waals surface area (Å²) >= 11 is 3.60. The third-order valence-corrected chi connectivity index (χ3v) is 4.37. The van der Waals surface area contributed by atoms with Gasteiger partial charge in [-0.25, -0.2) is 0 Å². The minimum Gasteiger partial charge on any atom is -0.508 e. The first-order valence-electron chi connectivity index (χ1n) is 5.66. The zero-order valence-corrected chi connectivity index (χ0v) is 10.9. The number of alkyl halides is 1. The molecule has 3 heteroatoms. The average Bonchev–Trinajstić information content (AvgIpc) is 2.30. The van der Waals surface area contributed by atoms with Crippen molar-refractivity contribution in [1.82, 2.24) is 0 Å². The maximum atomic E-state index is 9.46. The van der Waals surface area contributed by atoms with Gasteiger partial charge in [-0.3, -0.25) is 0 Å². The van der Waals surface area contributed by atoms with E-state index < -0.39 is 0 Å². The molecule has 1 aliphatic heterocycles. The second-order valence-corrected chi connectivity index (χ2v) is 5.20. The zero-order valence-electron chi connectivity index (χ0n) is 9.29. The molecule has 0 spiro atoms. The number of phenolic OH excluding ortho intramolecular Hbond substituents is 1. The van der Waals surface area contributed by atoms with Crippen LogP contribution in [0.2, 0.25) is 0 Å². The van der Waals surface area contributed by atoms with Gasteiger partial charge >= 0.3 is 0 Å². The highest BCUT2D eigenvalue weighted by molar-refractivity contribution is 9.09. The Morgan fingerprint density at radius 2 is 2.31 bits per heavy atom. The largest absolute Gasteiger partial charge is 0.508 e. The van der Waals surface area contributed by atoms with Crippen LogP contribution in [0, 0.1) is 5.41 Å². The van der Waals surface area contributed by atoms with Crippen LogP contribution in [0.1, 0.15) is 18.4 Å². The van der Waals surface area contributed by atoms with Crippen molar-refractivity contribution in [3.8, 4) is 5.75 Å². The van der Waals surface area contributed by atoms with Crippen molar-refractivity contribution < 1.29 is 9.84 Å². The lowest BCUT2D eigenvalue weighted by Crippen LogP contribution is -2.35. The van der Waals surface area contributed by atoms with Gasteiger partial charge in [0.1, 0.15) is 5.75 Å². The summed E-state index contributed by atoms with van der Waals surface area (Å²) < 4.78 is 5.59. The highest BCUT2D eigenvalue weighted by atomic mass is 79.9. The summed E-state index contributed by atoms with van der Waals surface area (Å²) in [5.41, 5.74) is 1.39. The molecular formula is C13H17BrO2. The van der Waals surface area contributed by atoms with Crippen molar-refractivity contribution in [1.29, 1.82) is 0 Å². The van der Waals surface area contributed by atoms with Crippen molar-refractivity contribution >= 4 is 15.9 Å². The first-order chi connectivity index (χ1) is 7.74. The van der Waals surface area contributed by atoms with E-state index in [1.165, 1.54) is 12.0 Å². The van der Waals surface area contributed by atoms with E-state index in [1.54, 1.807) is 6.07 Å². The fourth-order valence-electron chi connectivity index (χ4n) is 2.30. The molecule has 1 aromatic rings. The number of rotatable bonds is 3. The molecule has 0 bridgehead atoms. The standard InChI is InChI=1S/C13H17BrO2/c14-9-13(5-2-6-16-10-13)8-11-3-1-4-12(15)7-11/h1,3-4,7,15H,2,5-6,8-10H2. The summed E-state index contributed by atoms with van der Waals surface area (Å²) in [5, 5.41) is 10.4. The van der Waals surface area contributed by atoms with Crippen LogP contribution in [0.15, 0.2) is 24.3 Å². The molecule has 0 aliphatic carbocycles. The molecule has 2 nitrogen and oxygen atoms in total. The molecule has 1 fully saturated rings. The van der Waals surface area contributed by atoms with Gasteiger partial charge in [0.25, 0.3) is 0 Å². The van der Waals surface area contributed by atoms with E-state index in [9.17, 15) is 5.11 Å². The van der Waals surface area contributed by atoms with Crippen LogP contribution in [-0.2, 0) is 11.2 Å². The van der Waals surface area contributed by atoms with Crippen LogP contribution in [-0.4, -0.2) is 23.7 Å². The third kappa shape index (κ3) is 2.77. The highest BCUT2D eigenvalue weighted by Gasteiger charge is 2.32. The van der Waals surface area contributed by atoms with Crippen LogP contribution in [0.25, 0.3) is 0 Å². The van der Waals surface area contributed by atoms with Gasteiger partial charge in [-0.05, 0) is 37.0 Å². The second-order valence-electron chi connectivity index (χ2n) is 4.64. The van der Waals surface area contributed by atoms with Gasteiger partial charge in [-0.15, -0.1) is 0 Å². The molecular weight excluding hydrogens is 268 g/mol. The Balaban J connectivity index is 2.11. The Morgan fingerprint density at radius 1 is 1.44 bits per heavy atom. The van der Waals surface area contributed by atoms with Gasteiger partial charge in [-0.2, -0.15) is 0 Å². The smallest absolute Gasteiger partial charge is 0.115 e. The Hall–Kier alpha value is -0.540. The molecule has 0 saturated carbocycles. The number of aromatic hydroxyl groups is 1. The number of ether oxygens (including phenoxy) is 1. The zero-order chi connectivity index (χ0) is 11.4. The van der Waals surface area contributed by atoms with E-state index in [-0.39, 0.29) is 5.41 Å². The van der Waals surface area contributed by atoms with Crippen LogP contribution in [0.3, 0.4) is 0 Å². The number of benzene rings is 1. The second kappa shape index (κ2) is 5.19. The van der Waals surface area contributed by atoms with Gasteiger partial charge < -0.3 is 9.84 Å². The van der Waals surface area contributed by atoms with Gasteiger partial charge in [0.05, 0.1) is 6.61 Å². The van der Waals surface area contributed by atoms with E-state index in [0.717, 1.165) is 31.4 Å². The first-order valence-corrected chi connectivity index (χ1v) is 6.78. The van der Waals surface area contributed by atoms with Crippen LogP contribution in [0.5, 0.6) is 5.75 Å². The molecule has 16 heavy (non-hydrogen) atoms. The summed E-state index contributed by atoms with van der Waals surface area (Å²) in [5.74, 6) is 0.346. The molecule has 0 radical (unpaired) electrons. The molecule has 88 valence electrons. The predicted molar refractivity (Wildman–Crippen MR) is 68.1 cm³/mol. The van der Waals surface area contributed by atoms with Crippen molar-refractivity contribution in [2.45, 2.75) is 19.3 Å². The van der Waals surface area contributed by atoms with Gasteiger partial charge in [-0.1, -0.05) is 28.1 Å². The minimum absolute atomic E-state index is 0.200. The van der Waals surface area contributed by atoms with Gasteiger partial charge in [0, 0.05) is 17.4 Å². The number of phenols is 1. The summed E-state index contributed by atoms with van der Waals surface area (Å²) in [7, 11) is 0. The molecule has 0 amide bonds. The molecule has 1 heterocycles. The summed E-state index contributed by atoms with van der Waals surface area (Å²) in [6.45, 7) is 1.70. The van der Waals surface area contributed by atoms with Crippen molar-refractivity contribution in [2.75, 3.05) is 18.5 Å².